The summed E-state index contributed by atoms with van der Waals surface area (Å²) >= 11 is 0. The molecule has 3 aromatic carbocycles. The largest absolute Gasteiger partial charge is 1.00 e. The molecule has 0 aliphatic heterocycles. The van der Waals surface area contributed by atoms with E-state index in [0.29, 0.717) is 0 Å². The first-order chi connectivity index (χ1) is 12.9. The molecule has 1 unspecified atom stereocenters. The molecular weight excluding hydrogens is 382 g/mol. The Morgan fingerprint density at radius 2 is 1.25 bits per heavy atom. The number of hydrogen-bond donors (Lipinski definition) is 0. The first-order valence-electron chi connectivity index (χ1n) is 8.51. The van der Waals surface area contributed by atoms with Gasteiger partial charge in [0.2, 0.25) is 0 Å². The molecule has 4 nitrogen and oxygen atoms in total. The molecule has 0 aliphatic carbocycles. The Morgan fingerprint density at radius 3 is 1.82 bits per heavy atom. The summed E-state index contributed by atoms with van der Waals surface area (Å²) in [4.78, 5) is 12.2. The minimum absolute atomic E-state index is 0. The summed E-state index contributed by atoms with van der Waals surface area (Å²) in [6.45, 7) is 3.75. The molecule has 0 aliphatic rings. The molecule has 0 spiro atoms. The normalized spacial score (nSPS) is 12.8. The van der Waals surface area contributed by atoms with Gasteiger partial charge in [-0.1, -0.05) is 60.7 Å². The molecule has 3 aromatic rings. The number of phosphoric acid groups is 1. The molecule has 0 aromatic heterocycles. The van der Waals surface area contributed by atoms with Gasteiger partial charge >= 0.3 is 37.4 Å². The van der Waals surface area contributed by atoms with Crippen LogP contribution in [0.15, 0.2) is 72.8 Å². The first-order valence-corrected chi connectivity index (χ1v) is 9.97. The van der Waals surface area contributed by atoms with Crippen molar-refractivity contribution < 1.29 is 48.1 Å². The van der Waals surface area contributed by atoms with Crippen molar-refractivity contribution in [2.24, 2.45) is 0 Å². The van der Waals surface area contributed by atoms with E-state index in [9.17, 15) is 9.46 Å². The summed E-state index contributed by atoms with van der Waals surface area (Å²) in [5.41, 5.74) is 3.85. The average molecular weight is 402 g/mol. The summed E-state index contributed by atoms with van der Waals surface area (Å²) in [7, 11) is -4.52. The van der Waals surface area contributed by atoms with Gasteiger partial charge in [-0.15, -0.1) is 0 Å². The summed E-state index contributed by atoms with van der Waals surface area (Å²) in [6, 6.07) is 21.9. The fourth-order valence-corrected chi connectivity index (χ4v) is 3.44. The van der Waals surface area contributed by atoms with Crippen LogP contribution in [0.1, 0.15) is 22.3 Å². The fourth-order valence-electron chi connectivity index (χ4n) is 2.66. The molecule has 0 amide bonds. The van der Waals surface area contributed by atoms with Crippen molar-refractivity contribution in [3.8, 4) is 11.5 Å². The van der Waals surface area contributed by atoms with Crippen molar-refractivity contribution in [1.82, 2.24) is 0 Å². The maximum absolute atomic E-state index is 12.2. The minimum atomic E-state index is -4.52. The minimum Gasteiger partial charge on any atom is -0.736 e. The third-order valence-electron chi connectivity index (χ3n) is 3.78. The van der Waals surface area contributed by atoms with Gasteiger partial charge in [-0.3, -0.25) is 0 Å². The Bertz CT molecular complexity index is 965. The van der Waals surface area contributed by atoms with E-state index >= 15 is 0 Å². The number of rotatable bonds is 6. The maximum Gasteiger partial charge on any atom is 1.00 e. The number of aryl methyl sites for hydroxylation is 2. The van der Waals surface area contributed by atoms with Crippen LogP contribution in [0, 0.1) is 13.8 Å². The Kier molecular flexibility index (Phi) is 8.11. The second kappa shape index (κ2) is 10.1. The zero-order valence-corrected chi connectivity index (χ0v) is 19.1. The topological polar surface area (TPSA) is 58.6 Å². The Hall–Kier alpha value is -1.81. The van der Waals surface area contributed by atoms with Crippen molar-refractivity contribution >= 4 is 20.0 Å². The SMILES string of the molecule is Cc1cc(C)cc(OP(=O)([O-])Oc2ccc(C=Cc3ccccc3)cc2)c1.[Na+]. The van der Waals surface area contributed by atoms with E-state index in [4.69, 9.17) is 9.05 Å². The van der Waals surface area contributed by atoms with Crippen LogP contribution < -0.4 is 43.5 Å². The molecule has 0 saturated carbocycles. The van der Waals surface area contributed by atoms with Crippen molar-refractivity contribution in [2.75, 3.05) is 0 Å². The molecule has 1 atom stereocenters. The van der Waals surface area contributed by atoms with Gasteiger partial charge in [-0.05, 0) is 60.4 Å². The van der Waals surface area contributed by atoms with E-state index in [1.54, 1.807) is 36.4 Å². The molecule has 0 N–H and O–H groups in total. The molecule has 0 fully saturated rings. The van der Waals surface area contributed by atoms with Gasteiger partial charge in [0.15, 0.2) is 0 Å². The van der Waals surface area contributed by atoms with E-state index < -0.39 is 7.82 Å². The smallest absolute Gasteiger partial charge is 0.736 e. The third-order valence-corrected chi connectivity index (χ3v) is 4.65. The maximum atomic E-state index is 12.2. The third kappa shape index (κ3) is 6.97. The Balaban J connectivity index is 0.00000280. The van der Waals surface area contributed by atoms with Gasteiger partial charge in [0.05, 0.1) is 0 Å². The monoisotopic (exact) mass is 402 g/mol. The number of benzene rings is 3. The van der Waals surface area contributed by atoms with Gasteiger partial charge in [-0.2, -0.15) is 0 Å². The van der Waals surface area contributed by atoms with Gasteiger partial charge in [-0.25, -0.2) is 4.57 Å². The van der Waals surface area contributed by atoms with E-state index in [1.165, 1.54) is 0 Å². The van der Waals surface area contributed by atoms with E-state index in [0.717, 1.165) is 22.3 Å². The molecule has 0 heterocycles. The second-order valence-electron chi connectivity index (χ2n) is 6.27. The fraction of sp³-hybridized carbons (Fsp3) is 0.0909. The molecule has 6 heteroatoms. The van der Waals surface area contributed by atoms with Gasteiger partial charge in [0, 0.05) is 0 Å². The molecule has 138 valence electrons. The van der Waals surface area contributed by atoms with Gasteiger partial charge in [0.1, 0.15) is 11.5 Å². The predicted octanol–water partition coefficient (Wildman–Crippen LogP) is 2.40. The van der Waals surface area contributed by atoms with Crippen LogP contribution in [0.5, 0.6) is 11.5 Å². The first kappa shape index (κ1) is 22.5. The van der Waals surface area contributed by atoms with Crippen LogP contribution in [0.2, 0.25) is 0 Å². The van der Waals surface area contributed by atoms with E-state index in [2.05, 4.69) is 0 Å². The molecule has 3 rings (SSSR count). The zero-order chi connectivity index (χ0) is 19.3. The summed E-state index contributed by atoms with van der Waals surface area (Å²) in [5.74, 6) is 0.447. The average Bonchev–Trinajstić information content (AvgIpc) is 2.60. The van der Waals surface area contributed by atoms with Crippen LogP contribution in [0.3, 0.4) is 0 Å². The van der Waals surface area contributed by atoms with Crippen LogP contribution in [-0.2, 0) is 4.57 Å². The van der Waals surface area contributed by atoms with E-state index in [-0.39, 0.29) is 41.1 Å². The van der Waals surface area contributed by atoms with Crippen molar-refractivity contribution in [2.45, 2.75) is 13.8 Å². The Labute approximate surface area is 187 Å². The summed E-state index contributed by atoms with van der Waals surface area (Å²) < 4.78 is 22.3. The van der Waals surface area contributed by atoms with Gasteiger partial charge in [0.25, 0.3) is 0 Å². The summed E-state index contributed by atoms with van der Waals surface area (Å²) in [5, 5.41) is 0. The zero-order valence-electron chi connectivity index (χ0n) is 16.2. The quantitative estimate of drug-likeness (QED) is 0.361. The standard InChI is InChI=1S/C22H21O4P.Na/c1-17-14-18(2)16-22(15-17)26-27(23,24)25-21-12-10-20(11-13-21)9-8-19-6-4-3-5-7-19;/h3-16H,1-2H3,(H,23,24);/q;+1/p-1. The molecule has 0 bridgehead atoms. The van der Waals surface area contributed by atoms with Crippen molar-refractivity contribution in [3.63, 3.8) is 0 Å². The predicted molar refractivity (Wildman–Crippen MR) is 107 cm³/mol. The molecule has 0 saturated heterocycles. The van der Waals surface area contributed by atoms with Crippen LogP contribution in [0.4, 0.5) is 0 Å². The summed E-state index contributed by atoms with van der Waals surface area (Å²) in [6.07, 6.45) is 3.93. The van der Waals surface area contributed by atoms with Crippen LogP contribution in [-0.4, -0.2) is 0 Å². The van der Waals surface area contributed by atoms with Crippen molar-refractivity contribution in [3.05, 3.63) is 95.1 Å². The molecular formula is C22H20NaO4P. The number of phosphoric ester groups is 1. The molecule has 0 radical (unpaired) electrons. The Morgan fingerprint density at radius 1 is 0.750 bits per heavy atom. The van der Waals surface area contributed by atoms with E-state index in [1.807, 2.05) is 62.4 Å². The van der Waals surface area contributed by atoms with Crippen molar-refractivity contribution in [1.29, 1.82) is 0 Å². The number of hydrogen-bond acceptors (Lipinski definition) is 4. The second-order valence-corrected chi connectivity index (χ2v) is 7.53. The van der Waals surface area contributed by atoms with Gasteiger partial charge < -0.3 is 13.9 Å². The molecule has 28 heavy (non-hydrogen) atoms. The van der Waals surface area contributed by atoms with Crippen LogP contribution in [0.25, 0.3) is 12.2 Å². The van der Waals surface area contributed by atoms with Crippen LogP contribution >= 0.6 is 7.82 Å².